The molecule has 0 atom stereocenters. The Balaban J connectivity index is 1.62. The van der Waals surface area contributed by atoms with Gasteiger partial charge in [-0.2, -0.15) is 5.10 Å². The summed E-state index contributed by atoms with van der Waals surface area (Å²) in [5.74, 6) is 0.0941. The second kappa shape index (κ2) is 7.65. The standard InChI is InChI=1S/C18H16BrFN4O2/c1-11-15(12(2)26-23-11)10-24-9-14(8-21-24)22-18(25)6-4-13-3-5-17(20)16(19)7-13/h3-9H,10H2,1-2H3,(H,22,25)/b6-4+. The lowest BCUT2D eigenvalue weighted by Crippen LogP contribution is -2.07. The van der Waals surface area contributed by atoms with E-state index in [1.807, 2.05) is 13.8 Å². The fourth-order valence-corrected chi connectivity index (χ4v) is 2.77. The van der Waals surface area contributed by atoms with E-state index in [0.29, 0.717) is 22.3 Å². The lowest BCUT2D eigenvalue weighted by atomic mass is 10.2. The van der Waals surface area contributed by atoms with Gasteiger partial charge in [-0.25, -0.2) is 4.39 Å². The van der Waals surface area contributed by atoms with Gasteiger partial charge in [0.25, 0.3) is 0 Å². The third kappa shape index (κ3) is 4.26. The van der Waals surface area contributed by atoms with Gasteiger partial charge in [-0.1, -0.05) is 11.2 Å². The zero-order chi connectivity index (χ0) is 18.7. The van der Waals surface area contributed by atoms with Gasteiger partial charge in [0.15, 0.2) is 0 Å². The van der Waals surface area contributed by atoms with E-state index < -0.39 is 0 Å². The molecule has 0 spiro atoms. The van der Waals surface area contributed by atoms with Crippen molar-refractivity contribution in [3.63, 3.8) is 0 Å². The first-order valence-corrected chi connectivity index (χ1v) is 8.60. The number of anilines is 1. The minimum atomic E-state index is -0.350. The average Bonchev–Trinajstić information content (AvgIpc) is 3.17. The van der Waals surface area contributed by atoms with Crippen molar-refractivity contribution in [2.75, 3.05) is 5.32 Å². The molecule has 134 valence electrons. The average molecular weight is 419 g/mol. The molecule has 3 aromatic rings. The van der Waals surface area contributed by atoms with Crippen molar-refractivity contribution in [3.8, 4) is 0 Å². The third-order valence-corrected chi connectivity index (χ3v) is 4.38. The van der Waals surface area contributed by atoms with Crippen molar-refractivity contribution in [3.05, 3.63) is 69.5 Å². The Morgan fingerprint density at radius 1 is 1.42 bits per heavy atom. The molecule has 2 aromatic heterocycles. The molecule has 3 rings (SSSR count). The second-order valence-electron chi connectivity index (χ2n) is 5.73. The van der Waals surface area contributed by atoms with Gasteiger partial charge in [-0.05, 0) is 53.5 Å². The van der Waals surface area contributed by atoms with Crippen LogP contribution in [0.2, 0.25) is 0 Å². The number of hydrogen-bond donors (Lipinski definition) is 1. The van der Waals surface area contributed by atoms with Gasteiger partial charge in [0.1, 0.15) is 11.6 Å². The summed E-state index contributed by atoms with van der Waals surface area (Å²) in [6.45, 7) is 4.23. The molecule has 1 N–H and O–H groups in total. The molecule has 8 heteroatoms. The van der Waals surface area contributed by atoms with Crippen molar-refractivity contribution in [1.82, 2.24) is 14.9 Å². The molecule has 0 aliphatic heterocycles. The third-order valence-electron chi connectivity index (χ3n) is 3.77. The highest BCUT2D eigenvalue weighted by Crippen LogP contribution is 2.18. The normalized spacial score (nSPS) is 11.2. The summed E-state index contributed by atoms with van der Waals surface area (Å²) in [7, 11) is 0. The van der Waals surface area contributed by atoms with Gasteiger partial charge in [-0.3, -0.25) is 9.48 Å². The molecule has 26 heavy (non-hydrogen) atoms. The Hall–Kier alpha value is -2.74. The summed E-state index contributed by atoms with van der Waals surface area (Å²) >= 11 is 3.11. The number of rotatable bonds is 5. The minimum Gasteiger partial charge on any atom is -0.361 e. The first-order chi connectivity index (χ1) is 12.4. The maximum atomic E-state index is 13.2. The highest BCUT2D eigenvalue weighted by Gasteiger charge is 2.10. The summed E-state index contributed by atoms with van der Waals surface area (Å²) < 4.78 is 20.4. The monoisotopic (exact) mass is 418 g/mol. The van der Waals surface area contributed by atoms with Crippen molar-refractivity contribution in [1.29, 1.82) is 0 Å². The summed E-state index contributed by atoms with van der Waals surface area (Å²) in [6.07, 6.45) is 6.28. The molecule has 0 bridgehead atoms. The molecule has 0 radical (unpaired) electrons. The lowest BCUT2D eigenvalue weighted by Gasteiger charge is -2.00. The van der Waals surface area contributed by atoms with E-state index in [2.05, 4.69) is 31.5 Å². The molecular weight excluding hydrogens is 403 g/mol. The van der Waals surface area contributed by atoms with Crippen LogP contribution in [-0.4, -0.2) is 20.8 Å². The van der Waals surface area contributed by atoms with Crippen molar-refractivity contribution in [2.24, 2.45) is 0 Å². The van der Waals surface area contributed by atoms with Crippen LogP contribution in [0.3, 0.4) is 0 Å². The van der Waals surface area contributed by atoms with Gasteiger partial charge in [0.2, 0.25) is 5.91 Å². The number of carbonyl (C=O) groups is 1. The maximum absolute atomic E-state index is 13.2. The Morgan fingerprint density at radius 2 is 2.23 bits per heavy atom. The number of aryl methyl sites for hydroxylation is 2. The predicted molar refractivity (Wildman–Crippen MR) is 99.1 cm³/mol. The van der Waals surface area contributed by atoms with Crippen LogP contribution in [0.4, 0.5) is 10.1 Å². The van der Waals surface area contributed by atoms with Gasteiger partial charge in [-0.15, -0.1) is 0 Å². The van der Waals surface area contributed by atoms with E-state index in [1.165, 1.54) is 12.1 Å². The van der Waals surface area contributed by atoms with E-state index in [9.17, 15) is 9.18 Å². The van der Waals surface area contributed by atoms with Crippen molar-refractivity contribution < 1.29 is 13.7 Å². The number of nitrogens with one attached hydrogen (secondary N) is 1. The number of hydrogen-bond acceptors (Lipinski definition) is 4. The van der Waals surface area contributed by atoms with Gasteiger partial charge in [0.05, 0.1) is 28.6 Å². The van der Waals surface area contributed by atoms with Crippen molar-refractivity contribution in [2.45, 2.75) is 20.4 Å². The van der Waals surface area contributed by atoms with Crippen LogP contribution in [-0.2, 0) is 11.3 Å². The number of amides is 1. The number of halogens is 2. The first-order valence-electron chi connectivity index (χ1n) is 7.80. The zero-order valence-electron chi connectivity index (χ0n) is 14.2. The van der Waals surface area contributed by atoms with Crippen LogP contribution in [0.5, 0.6) is 0 Å². The molecule has 6 nitrogen and oxygen atoms in total. The Morgan fingerprint density at radius 3 is 2.92 bits per heavy atom. The van der Waals surface area contributed by atoms with Gasteiger partial charge in [0, 0.05) is 17.8 Å². The first kappa shape index (κ1) is 18.1. The van der Waals surface area contributed by atoms with Crippen LogP contribution in [0.25, 0.3) is 6.08 Å². The zero-order valence-corrected chi connectivity index (χ0v) is 15.7. The molecule has 0 aliphatic carbocycles. The van der Waals surface area contributed by atoms with Crippen LogP contribution < -0.4 is 5.32 Å². The van der Waals surface area contributed by atoms with E-state index in [4.69, 9.17) is 4.52 Å². The van der Waals surface area contributed by atoms with E-state index in [1.54, 1.807) is 35.3 Å². The largest absolute Gasteiger partial charge is 0.361 e. The minimum absolute atomic E-state index is 0.303. The predicted octanol–water partition coefficient (Wildman–Crippen LogP) is 4.09. The molecule has 0 aliphatic rings. The highest BCUT2D eigenvalue weighted by molar-refractivity contribution is 9.10. The molecule has 0 saturated heterocycles. The summed E-state index contributed by atoms with van der Waals surface area (Å²) in [4.78, 5) is 12.0. The van der Waals surface area contributed by atoms with E-state index >= 15 is 0 Å². The fourth-order valence-electron chi connectivity index (χ4n) is 2.38. The van der Waals surface area contributed by atoms with Crippen molar-refractivity contribution >= 4 is 33.6 Å². The molecule has 2 heterocycles. The van der Waals surface area contributed by atoms with Crippen LogP contribution in [0, 0.1) is 19.7 Å². The second-order valence-corrected chi connectivity index (χ2v) is 6.58. The number of carbonyl (C=O) groups excluding carboxylic acids is 1. The van der Waals surface area contributed by atoms with E-state index in [0.717, 1.165) is 17.0 Å². The molecule has 1 aromatic carbocycles. The number of nitrogens with zero attached hydrogens (tertiary/aromatic N) is 3. The molecule has 1 amide bonds. The molecule has 0 fully saturated rings. The molecular formula is C18H16BrFN4O2. The van der Waals surface area contributed by atoms with Crippen LogP contribution >= 0.6 is 15.9 Å². The van der Waals surface area contributed by atoms with Crippen LogP contribution in [0.1, 0.15) is 22.6 Å². The summed E-state index contributed by atoms with van der Waals surface area (Å²) in [6, 6.07) is 4.52. The number of benzene rings is 1. The summed E-state index contributed by atoms with van der Waals surface area (Å²) in [5.41, 5.74) is 3.07. The molecule has 0 saturated carbocycles. The number of aromatic nitrogens is 3. The smallest absolute Gasteiger partial charge is 0.248 e. The SMILES string of the molecule is Cc1noc(C)c1Cn1cc(NC(=O)/C=C/c2ccc(F)c(Br)c2)cn1. The van der Waals surface area contributed by atoms with Gasteiger partial charge < -0.3 is 9.84 Å². The maximum Gasteiger partial charge on any atom is 0.248 e. The summed E-state index contributed by atoms with van der Waals surface area (Å²) in [5, 5.41) is 10.9. The Bertz CT molecular complexity index is 958. The quantitative estimate of drug-likeness (QED) is 0.633. The fraction of sp³-hybridized carbons (Fsp3) is 0.167. The van der Waals surface area contributed by atoms with Crippen LogP contribution in [0.15, 0.2) is 45.7 Å². The molecule has 0 unspecified atom stereocenters. The van der Waals surface area contributed by atoms with E-state index in [-0.39, 0.29) is 11.7 Å². The Labute approximate surface area is 157 Å². The highest BCUT2D eigenvalue weighted by atomic mass is 79.9. The topological polar surface area (TPSA) is 73.0 Å². The van der Waals surface area contributed by atoms with Gasteiger partial charge >= 0.3 is 0 Å². The lowest BCUT2D eigenvalue weighted by molar-refractivity contribution is -0.111. The Kier molecular flexibility index (Phi) is 5.32.